The summed E-state index contributed by atoms with van der Waals surface area (Å²) in [4.78, 5) is 7.75. The van der Waals surface area contributed by atoms with Crippen LogP contribution in [0.5, 0.6) is 0 Å². The molecule has 0 fully saturated rings. The van der Waals surface area contributed by atoms with Gasteiger partial charge >= 0.3 is 0 Å². The minimum absolute atomic E-state index is 0.276. The van der Waals surface area contributed by atoms with Crippen LogP contribution in [0, 0.1) is 12.7 Å². The number of halogens is 4. The van der Waals surface area contributed by atoms with Gasteiger partial charge in [0.15, 0.2) is 21.9 Å². The molecule has 88 valence electrons. The maximum absolute atomic E-state index is 13.2. The average Bonchev–Trinajstić information content (AvgIpc) is 2.25. The van der Waals surface area contributed by atoms with E-state index in [1.165, 1.54) is 0 Å². The van der Waals surface area contributed by atoms with E-state index in [9.17, 15) is 4.39 Å². The highest BCUT2D eigenvalue weighted by molar-refractivity contribution is 9.10. The number of aryl methyl sites for hydroxylation is 1. The van der Waals surface area contributed by atoms with Crippen LogP contribution in [-0.4, -0.2) is 9.97 Å². The normalized spacial score (nSPS) is 10.6. The van der Waals surface area contributed by atoms with Crippen LogP contribution in [0.1, 0.15) is 5.56 Å². The zero-order chi connectivity index (χ0) is 12.6. The van der Waals surface area contributed by atoms with E-state index >= 15 is 0 Å². The molecule has 0 aliphatic heterocycles. The lowest BCUT2D eigenvalue weighted by Crippen LogP contribution is -1.96. The van der Waals surface area contributed by atoms with Gasteiger partial charge in [0.05, 0.1) is 0 Å². The summed E-state index contributed by atoms with van der Waals surface area (Å²) in [5, 5.41) is -0.551. The Hall–Kier alpha value is -0.710. The molecule has 0 aliphatic carbocycles. The maximum atomic E-state index is 13.2. The first-order valence-corrected chi connectivity index (χ1v) is 6.19. The van der Waals surface area contributed by atoms with Gasteiger partial charge in [-0.05, 0) is 30.7 Å². The highest BCUT2D eigenvalue weighted by atomic mass is 79.9. The second-order valence-corrected chi connectivity index (χ2v) is 5.03. The van der Waals surface area contributed by atoms with Gasteiger partial charge in [-0.1, -0.05) is 39.1 Å². The lowest BCUT2D eigenvalue weighted by molar-refractivity contribution is 0.615. The number of benzene rings is 1. The number of hydrogen-bond donors (Lipinski definition) is 0. The first-order valence-electron chi connectivity index (χ1n) is 4.64. The monoisotopic (exact) mass is 334 g/mol. The molecule has 6 heteroatoms. The fourth-order valence-corrected chi connectivity index (χ4v) is 2.26. The van der Waals surface area contributed by atoms with Gasteiger partial charge in [0.2, 0.25) is 0 Å². The predicted octanol–water partition coefficient (Wildman–Crippen LogP) is 4.66. The summed E-state index contributed by atoms with van der Waals surface area (Å²) in [6, 6.07) is 5.57. The van der Waals surface area contributed by atoms with Crippen LogP contribution in [0.25, 0.3) is 11.4 Å². The number of hydrogen-bond acceptors (Lipinski definition) is 2. The largest absolute Gasteiger partial charge is 0.213 e. The van der Waals surface area contributed by atoms with Gasteiger partial charge in [0, 0.05) is 10.0 Å². The quantitative estimate of drug-likeness (QED) is 0.708. The van der Waals surface area contributed by atoms with E-state index in [1.807, 2.05) is 25.1 Å². The first-order chi connectivity index (χ1) is 7.99. The van der Waals surface area contributed by atoms with Crippen molar-refractivity contribution in [1.82, 2.24) is 9.97 Å². The molecule has 0 amide bonds. The summed E-state index contributed by atoms with van der Waals surface area (Å²) in [5.41, 5.74) is 1.70. The predicted molar refractivity (Wildman–Crippen MR) is 69.9 cm³/mol. The second kappa shape index (κ2) is 4.88. The van der Waals surface area contributed by atoms with E-state index in [0.29, 0.717) is 5.82 Å². The third-order valence-electron chi connectivity index (χ3n) is 2.20. The van der Waals surface area contributed by atoms with Gasteiger partial charge in [-0.2, -0.15) is 0 Å². The molecule has 2 nitrogen and oxygen atoms in total. The van der Waals surface area contributed by atoms with Gasteiger partial charge in [-0.3, -0.25) is 0 Å². The molecule has 0 atom stereocenters. The fourth-order valence-electron chi connectivity index (χ4n) is 1.39. The number of aromatic nitrogens is 2. The molecule has 1 heterocycles. The van der Waals surface area contributed by atoms with Crippen LogP contribution in [-0.2, 0) is 0 Å². The van der Waals surface area contributed by atoms with Crippen LogP contribution in [0.4, 0.5) is 4.39 Å². The summed E-state index contributed by atoms with van der Waals surface area (Å²) in [5.74, 6) is -0.488. The van der Waals surface area contributed by atoms with E-state index in [4.69, 9.17) is 23.2 Å². The molecule has 0 bridgehead atoms. The van der Waals surface area contributed by atoms with Crippen LogP contribution in [0.3, 0.4) is 0 Å². The summed E-state index contributed by atoms with van der Waals surface area (Å²) in [6.45, 7) is 1.90. The van der Waals surface area contributed by atoms with Gasteiger partial charge in [-0.15, -0.1) is 0 Å². The Balaban J connectivity index is 2.61. The van der Waals surface area contributed by atoms with Crippen LogP contribution >= 0.6 is 39.1 Å². The smallest absolute Gasteiger partial charge is 0.197 e. The summed E-state index contributed by atoms with van der Waals surface area (Å²) >= 11 is 14.6. The van der Waals surface area contributed by atoms with Crippen molar-refractivity contribution in [3.05, 3.63) is 44.4 Å². The van der Waals surface area contributed by atoms with Crippen molar-refractivity contribution < 1.29 is 4.39 Å². The second-order valence-electron chi connectivity index (χ2n) is 3.40. The molecule has 2 aromatic rings. The van der Waals surface area contributed by atoms with Crippen molar-refractivity contribution in [3.63, 3.8) is 0 Å². The Kier molecular flexibility index (Phi) is 3.66. The van der Waals surface area contributed by atoms with Crippen molar-refractivity contribution >= 4 is 39.1 Å². The molecule has 0 N–H and O–H groups in total. The van der Waals surface area contributed by atoms with Gasteiger partial charge in [0.1, 0.15) is 0 Å². The third kappa shape index (κ3) is 2.59. The maximum Gasteiger partial charge on any atom is 0.197 e. The number of rotatable bonds is 1. The van der Waals surface area contributed by atoms with Gasteiger partial charge < -0.3 is 0 Å². The highest BCUT2D eigenvalue weighted by Gasteiger charge is 2.13. The molecule has 0 radical (unpaired) electrons. The zero-order valence-corrected chi connectivity index (χ0v) is 11.7. The first kappa shape index (κ1) is 12.7. The average molecular weight is 336 g/mol. The molecule has 2 rings (SSSR count). The minimum atomic E-state index is -0.799. The zero-order valence-electron chi connectivity index (χ0n) is 8.64. The molecule has 0 unspecified atom stereocenters. The molecular weight excluding hydrogens is 330 g/mol. The van der Waals surface area contributed by atoms with Crippen LogP contribution in [0.15, 0.2) is 22.7 Å². The van der Waals surface area contributed by atoms with Gasteiger partial charge in [0.25, 0.3) is 0 Å². The van der Waals surface area contributed by atoms with E-state index in [-0.39, 0.29) is 10.3 Å². The van der Waals surface area contributed by atoms with E-state index in [2.05, 4.69) is 25.9 Å². The molecule has 0 aliphatic rings. The van der Waals surface area contributed by atoms with Gasteiger partial charge in [-0.25, -0.2) is 14.4 Å². The van der Waals surface area contributed by atoms with Crippen LogP contribution < -0.4 is 0 Å². The Morgan fingerprint density at radius 3 is 2.29 bits per heavy atom. The Morgan fingerprint density at radius 2 is 1.76 bits per heavy atom. The number of nitrogens with zero attached hydrogens (tertiary/aromatic N) is 2. The van der Waals surface area contributed by atoms with E-state index < -0.39 is 5.82 Å². The molecule has 17 heavy (non-hydrogen) atoms. The summed E-state index contributed by atoms with van der Waals surface area (Å²) in [7, 11) is 0. The minimum Gasteiger partial charge on any atom is -0.213 e. The van der Waals surface area contributed by atoms with Crippen molar-refractivity contribution in [2.75, 3.05) is 0 Å². The topological polar surface area (TPSA) is 25.8 Å². The van der Waals surface area contributed by atoms with E-state index in [0.717, 1.165) is 15.6 Å². The SMILES string of the molecule is Cc1cc(Br)ccc1-c1nc(Cl)c(F)c(Cl)n1. The summed E-state index contributed by atoms with van der Waals surface area (Å²) < 4.78 is 14.1. The van der Waals surface area contributed by atoms with Crippen LogP contribution in [0.2, 0.25) is 10.3 Å². The fraction of sp³-hybridized carbons (Fsp3) is 0.0909. The lowest BCUT2D eigenvalue weighted by Gasteiger charge is -2.06. The molecule has 0 spiro atoms. The molecular formula is C11H6BrCl2FN2. The molecule has 1 aromatic carbocycles. The summed E-state index contributed by atoms with van der Waals surface area (Å²) in [6.07, 6.45) is 0. The van der Waals surface area contributed by atoms with Crippen molar-refractivity contribution in [1.29, 1.82) is 0 Å². The molecule has 0 saturated carbocycles. The molecule has 1 aromatic heterocycles. The Bertz CT molecular complexity index is 567. The lowest BCUT2D eigenvalue weighted by atomic mass is 10.1. The Labute approximate surface area is 116 Å². The van der Waals surface area contributed by atoms with E-state index in [1.54, 1.807) is 0 Å². The molecule has 0 saturated heterocycles. The highest BCUT2D eigenvalue weighted by Crippen LogP contribution is 2.27. The standard InChI is InChI=1S/C11H6BrCl2FN2/c1-5-4-6(12)2-3-7(5)11-16-9(13)8(15)10(14)17-11/h2-4H,1H3. The van der Waals surface area contributed by atoms with Crippen molar-refractivity contribution in [2.24, 2.45) is 0 Å². The van der Waals surface area contributed by atoms with Crippen molar-refractivity contribution in [3.8, 4) is 11.4 Å². The Morgan fingerprint density at radius 1 is 1.18 bits per heavy atom. The van der Waals surface area contributed by atoms with Crippen molar-refractivity contribution in [2.45, 2.75) is 6.92 Å². The third-order valence-corrected chi connectivity index (χ3v) is 3.19.